The fourth-order valence-corrected chi connectivity index (χ4v) is 6.61. The lowest BCUT2D eigenvalue weighted by Gasteiger charge is -2.49. The van der Waals surface area contributed by atoms with E-state index >= 15 is 0 Å². The van der Waals surface area contributed by atoms with E-state index in [1.807, 2.05) is 24.4 Å². The lowest BCUT2D eigenvalue weighted by atomic mass is 9.81. The summed E-state index contributed by atoms with van der Waals surface area (Å²) >= 11 is 1.61. The van der Waals surface area contributed by atoms with E-state index < -0.39 is 0 Å². The number of piperazine rings is 1. The van der Waals surface area contributed by atoms with Crippen molar-refractivity contribution in [3.63, 3.8) is 0 Å². The van der Waals surface area contributed by atoms with Crippen molar-refractivity contribution < 1.29 is 4.79 Å². The van der Waals surface area contributed by atoms with E-state index in [0.29, 0.717) is 30.5 Å². The van der Waals surface area contributed by atoms with Gasteiger partial charge in [0.05, 0.1) is 11.9 Å². The SMILES string of the molecule is Cc1cc(Nc2nc(N[C@@H]3C[C@H]4CCC[C@@H](C3)N4C(=O)CN3CCNCC3)nc3sccc23)n[nH]1. The molecule has 4 N–H and O–H groups in total. The zero-order valence-corrected chi connectivity index (χ0v) is 20.9. The van der Waals surface area contributed by atoms with Gasteiger partial charge in [0.25, 0.3) is 0 Å². The molecule has 3 saturated heterocycles. The van der Waals surface area contributed by atoms with Gasteiger partial charge < -0.3 is 20.9 Å². The number of nitrogens with one attached hydrogen (secondary N) is 4. The molecule has 35 heavy (non-hydrogen) atoms. The van der Waals surface area contributed by atoms with Crippen LogP contribution in [0.15, 0.2) is 17.5 Å². The Balaban J connectivity index is 1.16. The van der Waals surface area contributed by atoms with Crippen LogP contribution in [0.1, 0.15) is 37.8 Å². The number of hydrogen-bond donors (Lipinski definition) is 4. The van der Waals surface area contributed by atoms with Crippen molar-refractivity contribution in [3.05, 3.63) is 23.2 Å². The molecule has 0 saturated carbocycles. The quantitative estimate of drug-likeness (QED) is 0.413. The van der Waals surface area contributed by atoms with E-state index in [1.165, 1.54) is 6.42 Å². The van der Waals surface area contributed by atoms with E-state index in [9.17, 15) is 4.79 Å². The highest BCUT2D eigenvalue weighted by Crippen LogP contribution is 2.36. The molecule has 3 aliphatic rings. The van der Waals surface area contributed by atoms with Crippen LogP contribution in [0.25, 0.3) is 10.2 Å². The van der Waals surface area contributed by atoms with Crippen LogP contribution in [0.3, 0.4) is 0 Å². The molecule has 3 aliphatic heterocycles. The number of hydrogen-bond acceptors (Lipinski definition) is 9. The number of H-pyrrole nitrogens is 1. The molecule has 186 valence electrons. The van der Waals surface area contributed by atoms with Gasteiger partial charge >= 0.3 is 0 Å². The summed E-state index contributed by atoms with van der Waals surface area (Å²) in [5, 5.41) is 20.6. The molecule has 3 fully saturated rings. The number of thiophene rings is 1. The van der Waals surface area contributed by atoms with Crippen LogP contribution in [0, 0.1) is 6.92 Å². The number of rotatable bonds is 6. The molecular weight excluding hydrogens is 462 g/mol. The van der Waals surface area contributed by atoms with Crippen molar-refractivity contribution in [1.29, 1.82) is 0 Å². The molecule has 6 heterocycles. The highest BCUT2D eigenvalue weighted by Gasteiger charge is 2.41. The minimum Gasteiger partial charge on any atom is -0.351 e. The van der Waals surface area contributed by atoms with Gasteiger partial charge in [0.1, 0.15) is 10.6 Å². The molecule has 3 aromatic heterocycles. The predicted molar refractivity (Wildman–Crippen MR) is 138 cm³/mol. The Labute approximate surface area is 208 Å². The second-order valence-corrected chi connectivity index (χ2v) is 10.9. The first-order valence-corrected chi connectivity index (χ1v) is 13.6. The Kier molecular flexibility index (Phi) is 6.29. The Bertz CT molecular complexity index is 1170. The third-order valence-corrected chi connectivity index (χ3v) is 8.25. The van der Waals surface area contributed by atoms with E-state index in [0.717, 1.165) is 79.4 Å². The molecule has 0 aromatic carbocycles. The van der Waals surface area contributed by atoms with Gasteiger partial charge in [-0.1, -0.05) is 0 Å². The molecule has 3 aromatic rings. The van der Waals surface area contributed by atoms with Crippen LogP contribution < -0.4 is 16.0 Å². The number of piperidine rings is 2. The molecule has 0 radical (unpaired) electrons. The summed E-state index contributed by atoms with van der Waals surface area (Å²) in [6.07, 6.45) is 5.25. The summed E-state index contributed by atoms with van der Waals surface area (Å²) in [4.78, 5) is 28.4. The molecule has 2 bridgehead atoms. The topological polar surface area (TPSA) is 114 Å². The number of aromatic amines is 1. The average molecular weight is 496 g/mol. The standard InChI is InChI=1S/C24H33N9OS/c1-15-11-20(31-30-15)27-22-19-5-10-35-23(19)29-24(28-22)26-16-12-17-3-2-4-18(13-16)33(17)21(34)14-32-8-6-25-7-9-32/h5,10-11,16-18,25H,2-4,6-9,12-14H2,1H3,(H3,26,27,28,29,30,31)/t16-,17-,18+. The van der Waals surface area contributed by atoms with Crippen molar-refractivity contribution >= 4 is 45.0 Å². The summed E-state index contributed by atoms with van der Waals surface area (Å²) in [6, 6.07) is 4.85. The van der Waals surface area contributed by atoms with Gasteiger partial charge in [-0.05, 0) is 50.5 Å². The number of anilines is 3. The highest BCUT2D eigenvalue weighted by molar-refractivity contribution is 7.16. The van der Waals surface area contributed by atoms with E-state index in [2.05, 4.69) is 35.9 Å². The van der Waals surface area contributed by atoms with Crippen molar-refractivity contribution in [2.75, 3.05) is 43.4 Å². The number of carbonyl (C=O) groups is 1. The molecule has 6 rings (SSSR count). The van der Waals surface area contributed by atoms with Crippen LogP contribution in [0.5, 0.6) is 0 Å². The van der Waals surface area contributed by atoms with Crippen molar-refractivity contribution in [2.45, 2.75) is 57.2 Å². The lowest BCUT2D eigenvalue weighted by molar-refractivity contribution is -0.142. The Hall–Kier alpha value is -2.76. The predicted octanol–water partition coefficient (Wildman–Crippen LogP) is 2.70. The maximum Gasteiger partial charge on any atom is 0.237 e. The summed E-state index contributed by atoms with van der Waals surface area (Å²) < 4.78 is 0. The monoisotopic (exact) mass is 495 g/mol. The number of carbonyl (C=O) groups excluding carboxylic acids is 1. The van der Waals surface area contributed by atoms with Crippen LogP contribution in [0.4, 0.5) is 17.6 Å². The summed E-state index contributed by atoms with van der Waals surface area (Å²) in [5.41, 5.74) is 0.992. The van der Waals surface area contributed by atoms with Gasteiger partial charge in [-0.15, -0.1) is 11.3 Å². The van der Waals surface area contributed by atoms with Gasteiger partial charge in [-0.3, -0.25) is 14.8 Å². The summed E-state index contributed by atoms with van der Waals surface area (Å²) in [6.45, 7) is 6.37. The zero-order valence-electron chi connectivity index (χ0n) is 20.1. The van der Waals surface area contributed by atoms with E-state index in [1.54, 1.807) is 11.3 Å². The lowest BCUT2D eigenvalue weighted by Crippen LogP contribution is -2.59. The molecule has 11 heteroatoms. The number of aryl methyl sites for hydroxylation is 1. The Morgan fingerprint density at radius 2 is 2.00 bits per heavy atom. The minimum absolute atomic E-state index is 0.256. The molecule has 0 unspecified atom stereocenters. The van der Waals surface area contributed by atoms with Crippen LogP contribution >= 0.6 is 11.3 Å². The number of amides is 1. The summed E-state index contributed by atoms with van der Waals surface area (Å²) in [5.74, 6) is 2.44. The molecule has 0 aliphatic carbocycles. The number of aromatic nitrogens is 4. The molecule has 10 nitrogen and oxygen atoms in total. The van der Waals surface area contributed by atoms with Gasteiger partial charge in [0, 0.05) is 56.1 Å². The first-order chi connectivity index (χ1) is 17.1. The van der Waals surface area contributed by atoms with Gasteiger partial charge in [-0.2, -0.15) is 10.1 Å². The molecule has 3 atom stereocenters. The maximum absolute atomic E-state index is 13.3. The second-order valence-electron chi connectivity index (χ2n) is 9.97. The fraction of sp³-hybridized carbons (Fsp3) is 0.583. The number of nitrogens with zero attached hydrogens (tertiary/aromatic N) is 5. The first-order valence-electron chi connectivity index (χ1n) is 12.7. The van der Waals surface area contributed by atoms with Crippen molar-refractivity contribution in [1.82, 2.24) is 35.3 Å². The van der Waals surface area contributed by atoms with Gasteiger partial charge in [-0.25, -0.2) is 4.98 Å². The molecular formula is C24H33N9OS. The summed E-state index contributed by atoms with van der Waals surface area (Å²) in [7, 11) is 0. The Morgan fingerprint density at radius 3 is 2.74 bits per heavy atom. The second kappa shape index (κ2) is 9.71. The highest BCUT2D eigenvalue weighted by atomic mass is 32.1. The third kappa shape index (κ3) is 4.85. The molecule has 0 spiro atoms. The van der Waals surface area contributed by atoms with Crippen LogP contribution in [-0.2, 0) is 4.79 Å². The maximum atomic E-state index is 13.3. The zero-order chi connectivity index (χ0) is 23.8. The fourth-order valence-electron chi connectivity index (χ4n) is 5.85. The van der Waals surface area contributed by atoms with Crippen molar-refractivity contribution in [2.24, 2.45) is 0 Å². The van der Waals surface area contributed by atoms with Crippen LogP contribution in [-0.4, -0.2) is 86.7 Å². The van der Waals surface area contributed by atoms with Gasteiger partial charge in [0.2, 0.25) is 11.9 Å². The normalized spacial score (nSPS) is 25.1. The number of fused-ring (bicyclic) bond motifs is 3. The van der Waals surface area contributed by atoms with E-state index in [4.69, 9.17) is 9.97 Å². The first kappa shape index (κ1) is 22.7. The Morgan fingerprint density at radius 1 is 1.20 bits per heavy atom. The smallest absolute Gasteiger partial charge is 0.237 e. The largest absolute Gasteiger partial charge is 0.351 e. The van der Waals surface area contributed by atoms with Crippen LogP contribution in [0.2, 0.25) is 0 Å². The minimum atomic E-state index is 0.256. The third-order valence-electron chi connectivity index (χ3n) is 7.44. The van der Waals surface area contributed by atoms with Gasteiger partial charge in [0.15, 0.2) is 5.82 Å². The molecule has 1 amide bonds. The van der Waals surface area contributed by atoms with E-state index in [-0.39, 0.29) is 6.04 Å². The average Bonchev–Trinajstić information content (AvgIpc) is 3.48. The van der Waals surface area contributed by atoms with Crippen molar-refractivity contribution in [3.8, 4) is 0 Å².